The zero-order valence-electron chi connectivity index (χ0n) is 20.1. The summed E-state index contributed by atoms with van der Waals surface area (Å²) in [5, 5.41) is 26.5. The van der Waals surface area contributed by atoms with Crippen LogP contribution in [0, 0.1) is 11.5 Å². The van der Waals surface area contributed by atoms with Crippen LogP contribution in [0.25, 0.3) is 0 Å². The summed E-state index contributed by atoms with van der Waals surface area (Å²) < 4.78 is 34.7. The molecule has 0 spiro atoms. The summed E-state index contributed by atoms with van der Waals surface area (Å²) in [6.45, 7) is 3.54. The van der Waals surface area contributed by atoms with Gasteiger partial charge >= 0.3 is 0 Å². The van der Waals surface area contributed by atoms with Crippen molar-refractivity contribution in [3.63, 3.8) is 0 Å². The van der Waals surface area contributed by atoms with E-state index in [1.54, 1.807) is 44.2 Å². The van der Waals surface area contributed by atoms with Gasteiger partial charge in [-0.1, -0.05) is 41.9 Å². The molecule has 0 amide bonds. The van der Waals surface area contributed by atoms with Gasteiger partial charge in [0.1, 0.15) is 23.5 Å². The van der Waals surface area contributed by atoms with Gasteiger partial charge < -0.3 is 15.2 Å². The van der Waals surface area contributed by atoms with Gasteiger partial charge in [-0.15, -0.1) is 0 Å². The Labute approximate surface area is 220 Å². The number of ether oxygens (including phenoxy) is 1. The van der Waals surface area contributed by atoms with Crippen molar-refractivity contribution in [2.45, 2.75) is 43.0 Å². The molecule has 3 aromatic rings. The first-order valence-corrected chi connectivity index (χ1v) is 13.3. The summed E-state index contributed by atoms with van der Waals surface area (Å²) in [4.78, 5) is 4.57. The molecule has 0 aromatic heterocycles. The van der Waals surface area contributed by atoms with Crippen LogP contribution in [-0.4, -0.2) is 31.2 Å². The number of aliphatic hydroxyl groups is 1. The minimum atomic E-state index is -3.88. The number of hydrogen-bond donors (Lipinski definition) is 4. The second-order valence-corrected chi connectivity index (χ2v) is 11.2. The lowest BCUT2D eigenvalue weighted by molar-refractivity contribution is -0.0568. The Hall–Kier alpha value is -3.62. The first-order valence-electron chi connectivity index (χ1n) is 11.4. The van der Waals surface area contributed by atoms with Crippen molar-refractivity contribution in [3.05, 3.63) is 88.9 Å². The van der Waals surface area contributed by atoms with Crippen LogP contribution < -0.4 is 20.1 Å². The van der Waals surface area contributed by atoms with E-state index in [1.165, 1.54) is 12.1 Å². The SMILES string of the molecule is CC1(C)Oc2ccc(S(=O)(=O)NCc3ccccc3)cc2C(N=C(NC#N)Nc2ccc(Cl)cc2)C1O. The average Bonchev–Trinajstić information content (AvgIpc) is 2.87. The molecule has 2 atom stereocenters. The third kappa shape index (κ3) is 6.21. The third-order valence-electron chi connectivity index (χ3n) is 5.85. The monoisotopic (exact) mass is 539 g/mol. The number of rotatable bonds is 6. The van der Waals surface area contributed by atoms with Gasteiger partial charge in [-0.05, 0) is 61.9 Å². The van der Waals surface area contributed by atoms with Crippen LogP contribution in [0.3, 0.4) is 0 Å². The summed E-state index contributed by atoms with van der Waals surface area (Å²) in [7, 11) is -3.88. The maximum Gasteiger partial charge on any atom is 0.240 e. The molecule has 4 rings (SSSR count). The van der Waals surface area contributed by atoms with Crippen LogP contribution in [0.1, 0.15) is 31.0 Å². The van der Waals surface area contributed by atoms with E-state index in [0.717, 1.165) is 5.56 Å². The van der Waals surface area contributed by atoms with E-state index in [0.29, 0.717) is 22.0 Å². The van der Waals surface area contributed by atoms with Crippen LogP contribution in [0.2, 0.25) is 5.02 Å². The number of benzene rings is 3. The van der Waals surface area contributed by atoms with Gasteiger partial charge in [-0.2, -0.15) is 5.26 Å². The van der Waals surface area contributed by atoms with Crippen LogP contribution in [0.4, 0.5) is 5.69 Å². The normalized spacial score (nSPS) is 18.7. The molecule has 4 N–H and O–H groups in total. The Kier molecular flexibility index (Phi) is 7.71. The van der Waals surface area contributed by atoms with Crippen LogP contribution in [0.15, 0.2) is 82.7 Å². The Bertz CT molecular complexity index is 1440. The fourth-order valence-electron chi connectivity index (χ4n) is 3.87. The fraction of sp³-hybridized carbons (Fsp3) is 0.231. The number of halogens is 1. The van der Waals surface area contributed by atoms with Crippen molar-refractivity contribution in [3.8, 4) is 11.9 Å². The third-order valence-corrected chi connectivity index (χ3v) is 7.50. The number of nitrogens with one attached hydrogen (secondary N) is 3. The Morgan fingerprint density at radius 2 is 1.84 bits per heavy atom. The summed E-state index contributed by atoms with van der Waals surface area (Å²) in [6, 6.07) is 19.4. The molecule has 192 valence electrons. The molecular formula is C26H26ClN5O4S. The van der Waals surface area contributed by atoms with Gasteiger partial charge in [0.15, 0.2) is 6.19 Å². The maximum absolute atomic E-state index is 13.1. The largest absolute Gasteiger partial charge is 0.485 e. The zero-order valence-corrected chi connectivity index (χ0v) is 21.7. The second-order valence-electron chi connectivity index (χ2n) is 8.95. The number of nitrogens with zero attached hydrogens (tertiary/aromatic N) is 2. The van der Waals surface area contributed by atoms with Crippen molar-refractivity contribution in [2.24, 2.45) is 4.99 Å². The predicted octanol–water partition coefficient (Wildman–Crippen LogP) is 3.93. The minimum Gasteiger partial charge on any atom is -0.485 e. The molecule has 9 nitrogen and oxygen atoms in total. The van der Waals surface area contributed by atoms with E-state index < -0.39 is 27.8 Å². The highest BCUT2D eigenvalue weighted by Gasteiger charge is 2.43. The van der Waals surface area contributed by atoms with Gasteiger partial charge in [-0.3, -0.25) is 5.32 Å². The highest BCUT2D eigenvalue weighted by Crippen LogP contribution is 2.42. The molecule has 0 saturated carbocycles. The molecule has 0 bridgehead atoms. The molecule has 3 aromatic carbocycles. The van der Waals surface area contributed by atoms with Crippen LogP contribution >= 0.6 is 11.6 Å². The molecule has 0 aliphatic carbocycles. The van der Waals surface area contributed by atoms with Gasteiger partial charge in [0, 0.05) is 22.8 Å². The smallest absolute Gasteiger partial charge is 0.240 e. The first-order chi connectivity index (χ1) is 17.6. The summed E-state index contributed by atoms with van der Waals surface area (Å²) in [5.74, 6) is 0.446. The van der Waals surface area contributed by atoms with Crippen molar-refractivity contribution < 1.29 is 18.3 Å². The number of fused-ring (bicyclic) bond motifs is 1. The van der Waals surface area contributed by atoms with Gasteiger partial charge in [0.05, 0.1) is 4.90 Å². The second kappa shape index (κ2) is 10.8. The lowest BCUT2D eigenvalue weighted by atomic mass is 9.87. The topological polar surface area (TPSA) is 136 Å². The Balaban J connectivity index is 1.70. The van der Waals surface area contributed by atoms with E-state index in [2.05, 4.69) is 20.3 Å². The highest BCUT2D eigenvalue weighted by molar-refractivity contribution is 7.89. The maximum atomic E-state index is 13.1. The van der Waals surface area contributed by atoms with E-state index in [1.807, 2.05) is 36.5 Å². The van der Waals surface area contributed by atoms with Gasteiger partial charge in [-0.25, -0.2) is 18.1 Å². The van der Waals surface area contributed by atoms with Crippen molar-refractivity contribution in [2.75, 3.05) is 5.32 Å². The van der Waals surface area contributed by atoms with Crippen molar-refractivity contribution in [1.29, 1.82) is 5.26 Å². The average molecular weight is 540 g/mol. The number of anilines is 1. The summed E-state index contributed by atoms with van der Waals surface area (Å²) >= 11 is 5.95. The molecule has 11 heteroatoms. The summed E-state index contributed by atoms with van der Waals surface area (Å²) in [5.41, 5.74) is 0.746. The van der Waals surface area contributed by atoms with E-state index in [-0.39, 0.29) is 17.4 Å². The number of guanidine groups is 1. The molecule has 1 heterocycles. The van der Waals surface area contributed by atoms with E-state index >= 15 is 0 Å². The standard InChI is InChI=1S/C26H26ClN5O4S/c1-26(2)24(33)23(32-25(29-16-28)31-19-10-8-18(27)9-11-19)21-14-20(12-13-22(21)36-26)37(34,35)30-15-17-6-4-3-5-7-17/h3-14,23-24,30,33H,15H2,1-2H3,(H2,29,31,32). The number of hydrogen-bond acceptors (Lipinski definition) is 6. The molecule has 0 radical (unpaired) electrons. The lowest BCUT2D eigenvalue weighted by Gasteiger charge is -2.40. The number of sulfonamides is 1. The van der Waals surface area contributed by atoms with E-state index in [4.69, 9.17) is 16.3 Å². The van der Waals surface area contributed by atoms with Crippen molar-refractivity contribution in [1.82, 2.24) is 10.0 Å². The molecule has 37 heavy (non-hydrogen) atoms. The minimum absolute atomic E-state index is 0.00154. The molecule has 0 saturated heterocycles. The quantitative estimate of drug-likeness (QED) is 0.161. The zero-order chi connectivity index (χ0) is 26.6. The summed E-state index contributed by atoms with van der Waals surface area (Å²) in [6.07, 6.45) is 0.673. The predicted molar refractivity (Wildman–Crippen MR) is 142 cm³/mol. The van der Waals surface area contributed by atoms with Crippen LogP contribution in [-0.2, 0) is 16.6 Å². The highest BCUT2D eigenvalue weighted by atomic mass is 35.5. The van der Waals surface area contributed by atoms with Crippen molar-refractivity contribution >= 4 is 33.3 Å². The molecular weight excluding hydrogens is 514 g/mol. The van der Waals surface area contributed by atoms with Gasteiger partial charge in [0.25, 0.3) is 0 Å². The lowest BCUT2D eigenvalue weighted by Crippen LogP contribution is -2.49. The molecule has 1 aliphatic rings. The van der Waals surface area contributed by atoms with Gasteiger partial charge in [0.2, 0.25) is 16.0 Å². The molecule has 2 unspecified atom stereocenters. The molecule has 1 aliphatic heterocycles. The van der Waals surface area contributed by atoms with E-state index in [9.17, 15) is 18.8 Å². The number of nitriles is 1. The number of aliphatic hydroxyl groups excluding tert-OH is 1. The Morgan fingerprint density at radius 3 is 2.51 bits per heavy atom. The Morgan fingerprint density at radius 1 is 1.14 bits per heavy atom. The fourth-order valence-corrected chi connectivity index (χ4v) is 5.05. The van der Waals surface area contributed by atoms with Crippen LogP contribution in [0.5, 0.6) is 5.75 Å². The molecule has 0 fully saturated rings. The first kappa shape index (κ1) is 26.4. The number of aliphatic imine (C=N–C) groups is 1.